The third-order valence-corrected chi connectivity index (χ3v) is 2.77. The van der Waals surface area contributed by atoms with Crippen LogP contribution >= 0.6 is 0 Å². The summed E-state index contributed by atoms with van der Waals surface area (Å²) in [6.07, 6.45) is 3.44. The number of carbonyl (C=O) groups is 1. The van der Waals surface area contributed by atoms with Gasteiger partial charge in [-0.05, 0) is 31.5 Å². The maximum Gasteiger partial charge on any atom is 0.228 e. The molecule has 2 aromatic rings. The molecule has 0 bridgehead atoms. The van der Waals surface area contributed by atoms with Gasteiger partial charge in [-0.3, -0.25) is 4.79 Å². The summed E-state index contributed by atoms with van der Waals surface area (Å²) in [6, 6.07) is 5.34. The molecule has 0 radical (unpaired) electrons. The van der Waals surface area contributed by atoms with Crippen LogP contribution < -0.4 is 5.73 Å². The third kappa shape index (κ3) is 2.06. The molecule has 0 aliphatic carbocycles. The van der Waals surface area contributed by atoms with Crippen molar-refractivity contribution in [2.45, 2.75) is 20.4 Å². The Hall–Kier alpha value is -2.10. The fraction of sp³-hybridized carbons (Fsp3) is 0.231. The van der Waals surface area contributed by atoms with E-state index in [1.54, 1.807) is 24.5 Å². The normalized spacial score (nSPS) is 10.5. The van der Waals surface area contributed by atoms with Crippen molar-refractivity contribution in [1.29, 1.82) is 0 Å². The summed E-state index contributed by atoms with van der Waals surface area (Å²) in [4.78, 5) is 16.4. The van der Waals surface area contributed by atoms with Gasteiger partial charge in [-0.1, -0.05) is 6.07 Å². The number of aryl methyl sites for hydroxylation is 2. The number of hydrogen-bond donors (Lipinski definition) is 1. The maximum absolute atomic E-state index is 12.3. The van der Waals surface area contributed by atoms with Crippen molar-refractivity contribution < 1.29 is 4.79 Å². The van der Waals surface area contributed by atoms with E-state index in [2.05, 4.69) is 4.98 Å². The van der Waals surface area contributed by atoms with E-state index in [1.165, 1.54) is 0 Å². The molecular weight excluding hydrogens is 214 g/mol. The fourth-order valence-electron chi connectivity index (χ4n) is 1.78. The Balaban J connectivity index is 2.47. The molecule has 0 saturated heterocycles. The molecule has 0 saturated carbocycles. The van der Waals surface area contributed by atoms with E-state index in [0.717, 1.165) is 12.1 Å². The predicted molar refractivity (Wildman–Crippen MR) is 66.9 cm³/mol. The molecule has 0 unspecified atom stereocenters. The van der Waals surface area contributed by atoms with Gasteiger partial charge in [0.2, 0.25) is 5.78 Å². The Bertz CT molecular complexity index is 558. The van der Waals surface area contributed by atoms with Crippen LogP contribution in [-0.2, 0) is 6.54 Å². The number of nitrogens with zero attached hydrogens (tertiary/aromatic N) is 2. The molecular formula is C13H15N3O. The standard InChI is InChI=1S/C13H15N3O/c1-3-16-7-6-15-13(16)12(17)11-8-10(14)5-4-9(11)2/h4-8H,3,14H2,1-2H3. The molecule has 17 heavy (non-hydrogen) atoms. The van der Waals surface area contributed by atoms with Crippen molar-refractivity contribution in [2.24, 2.45) is 0 Å². The summed E-state index contributed by atoms with van der Waals surface area (Å²) in [5, 5.41) is 0. The van der Waals surface area contributed by atoms with E-state index in [-0.39, 0.29) is 5.78 Å². The summed E-state index contributed by atoms with van der Waals surface area (Å²) in [6.45, 7) is 4.60. The lowest BCUT2D eigenvalue weighted by Crippen LogP contribution is -2.12. The van der Waals surface area contributed by atoms with Gasteiger partial charge in [-0.25, -0.2) is 4.98 Å². The second kappa shape index (κ2) is 4.41. The summed E-state index contributed by atoms with van der Waals surface area (Å²) >= 11 is 0. The van der Waals surface area contributed by atoms with E-state index in [9.17, 15) is 4.79 Å². The van der Waals surface area contributed by atoms with E-state index in [1.807, 2.05) is 24.5 Å². The van der Waals surface area contributed by atoms with Crippen LogP contribution in [0.4, 0.5) is 5.69 Å². The molecule has 1 aromatic carbocycles. The van der Waals surface area contributed by atoms with Crippen LogP contribution in [0.3, 0.4) is 0 Å². The molecule has 1 aromatic heterocycles. The molecule has 0 amide bonds. The summed E-state index contributed by atoms with van der Waals surface area (Å²) < 4.78 is 1.82. The summed E-state index contributed by atoms with van der Waals surface area (Å²) in [5.74, 6) is 0.378. The highest BCUT2D eigenvalue weighted by atomic mass is 16.1. The van der Waals surface area contributed by atoms with Gasteiger partial charge < -0.3 is 10.3 Å². The Kier molecular flexibility index (Phi) is 2.95. The fourth-order valence-corrected chi connectivity index (χ4v) is 1.78. The summed E-state index contributed by atoms with van der Waals surface area (Å²) in [5.41, 5.74) is 7.83. The van der Waals surface area contributed by atoms with Crippen LogP contribution in [0.25, 0.3) is 0 Å². The zero-order chi connectivity index (χ0) is 12.4. The van der Waals surface area contributed by atoms with Crippen molar-refractivity contribution in [1.82, 2.24) is 9.55 Å². The topological polar surface area (TPSA) is 60.9 Å². The van der Waals surface area contributed by atoms with Crippen molar-refractivity contribution in [2.75, 3.05) is 5.73 Å². The van der Waals surface area contributed by atoms with Gasteiger partial charge in [-0.15, -0.1) is 0 Å². The van der Waals surface area contributed by atoms with Crippen LogP contribution in [0, 0.1) is 6.92 Å². The number of benzene rings is 1. The lowest BCUT2D eigenvalue weighted by molar-refractivity contribution is 0.102. The Morgan fingerprint density at radius 2 is 2.24 bits per heavy atom. The van der Waals surface area contributed by atoms with Gasteiger partial charge in [0.05, 0.1) is 0 Å². The predicted octanol–water partition coefficient (Wildman–Crippen LogP) is 2.02. The van der Waals surface area contributed by atoms with Gasteiger partial charge in [-0.2, -0.15) is 0 Å². The number of ketones is 1. The van der Waals surface area contributed by atoms with Crippen LogP contribution in [-0.4, -0.2) is 15.3 Å². The van der Waals surface area contributed by atoms with E-state index >= 15 is 0 Å². The van der Waals surface area contributed by atoms with Crippen molar-refractivity contribution in [3.63, 3.8) is 0 Å². The largest absolute Gasteiger partial charge is 0.399 e. The monoisotopic (exact) mass is 229 g/mol. The van der Waals surface area contributed by atoms with Crippen molar-refractivity contribution in [3.05, 3.63) is 47.5 Å². The number of nitrogen functional groups attached to an aromatic ring is 1. The maximum atomic E-state index is 12.3. The van der Waals surface area contributed by atoms with Crippen LogP contribution in [0.1, 0.15) is 28.7 Å². The molecule has 1 heterocycles. The van der Waals surface area contributed by atoms with Crippen LogP contribution in [0.15, 0.2) is 30.6 Å². The average molecular weight is 229 g/mol. The highest BCUT2D eigenvalue weighted by Crippen LogP contribution is 2.16. The van der Waals surface area contributed by atoms with Crippen molar-refractivity contribution >= 4 is 11.5 Å². The zero-order valence-electron chi connectivity index (χ0n) is 9.97. The molecule has 0 fully saturated rings. The third-order valence-electron chi connectivity index (χ3n) is 2.77. The zero-order valence-corrected chi connectivity index (χ0v) is 9.97. The molecule has 88 valence electrons. The van der Waals surface area contributed by atoms with Gasteiger partial charge in [0.25, 0.3) is 0 Å². The number of carbonyl (C=O) groups excluding carboxylic acids is 1. The quantitative estimate of drug-likeness (QED) is 0.647. The second-order valence-electron chi connectivity index (χ2n) is 3.94. The average Bonchev–Trinajstić information content (AvgIpc) is 2.79. The Morgan fingerprint density at radius 3 is 2.94 bits per heavy atom. The van der Waals surface area contributed by atoms with Gasteiger partial charge >= 0.3 is 0 Å². The number of nitrogens with two attached hydrogens (primary N) is 1. The van der Waals surface area contributed by atoms with E-state index < -0.39 is 0 Å². The minimum atomic E-state index is -0.0818. The minimum absolute atomic E-state index is 0.0818. The van der Waals surface area contributed by atoms with Crippen molar-refractivity contribution in [3.8, 4) is 0 Å². The lowest BCUT2D eigenvalue weighted by Gasteiger charge is -2.07. The number of rotatable bonds is 3. The number of aromatic nitrogens is 2. The Morgan fingerprint density at radius 1 is 1.47 bits per heavy atom. The van der Waals surface area contributed by atoms with Crippen LogP contribution in [0.5, 0.6) is 0 Å². The molecule has 0 aliphatic heterocycles. The molecule has 4 heteroatoms. The van der Waals surface area contributed by atoms with Gasteiger partial charge in [0.1, 0.15) is 0 Å². The number of imidazole rings is 1. The first kappa shape index (κ1) is 11.4. The number of hydrogen-bond acceptors (Lipinski definition) is 3. The van der Waals surface area contributed by atoms with Gasteiger partial charge in [0.15, 0.2) is 5.82 Å². The highest BCUT2D eigenvalue weighted by molar-refractivity contribution is 6.08. The van der Waals surface area contributed by atoms with Crippen LogP contribution in [0.2, 0.25) is 0 Å². The first-order chi connectivity index (χ1) is 8.13. The Labute approximate surface area is 100 Å². The molecule has 0 atom stereocenters. The highest BCUT2D eigenvalue weighted by Gasteiger charge is 2.16. The molecule has 4 nitrogen and oxygen atoms in total. The lowest BCUT2D eigenvalue weighted by atomic mass is 10.0. The number of anilines is 1. The summed E-state index contributed by atoms with van der Waals surface area (Å²) in [7, 11) is 0. The molecule has 0 aliphatic rings. The SMILES string of the molecule is CCn1ccnc1C(=O)c1cc(N)ccc1C. The smallest absolute Gasteiger partial charge is 0.228 e. The molecule has 2 rings (SSSR count). The molecule has 0 spiro atoms. The van der Waals surface area contributed by atoms with E-state index in [4.69, 9.17) is 5.73 Å². The second-order valence-corrected chi connectivity index (χ2v) is 3.94. The first-order valence-corrected chi connectivity index (χ1v) is 5.55. The molecule has 2 N–H and O–H groups in total. The van der Waals surface area contributed by atoms with Gasteiger partial charge in [0, 0.05) is 30.2 Å². The first-order valence-electron chi connectivity index (χ1n) is 5.55. The van der Waals surface area contributed by atoms with E-state index in [0.29, 0.717) is 17.1 Å². The minimum Gasteiger partial charge on any atom is -0.399 e.